The van der Waals surface area contributed by atoms with Crippen LogP contribution in [0.25, 0.3) is 10.9 Å². The molecule has 6 heteroatoms. The molecule has 0 atom stereocenters. The first-order valence-corrected chi connectivity index (χ1v) is 7.44. The average Bonchev–Trinajstić information content (AvgIpc) is 3.05. The van der Waals surface area contributed by atoms with Crippen molar-refractivity contribution < 1.29 is 9.53 Å². The number of primary amides is 1. The van der Waals surface area contributed by atoms with Crippen LogP contribution in [-0.4, -0.2) is 23.8 Å². The SMILES string of the molecule is C1=CSCC1.COc1ccc2cc(C(N)=O)c(=O)[nH]c2c1. The van der Waals surface area contributed by atoms with Crippen LogP contribution in [0.1, 0.15) is 16.8 Å². The topological polar surface area (TPSA) is 85.2 Å². The minimum atomic E-state index is -0.737. The highest BCUT2D eigenvalue weighted by molar-refractivity contribution is 8.02. The Hall–Kier alpha value is -2.21. The molecule has 3 rings (SSSR count). The van der Waals surface area contributed by atoms with Crippen molar-refractivity contribution in [3.63, 3.8) is 0 Å². The number of carbonyl (C=O) groups excluding carboxylic acids is 1. The second-order valence-electron chi connectivity index (χ2n) is 4.36. The van der Waals surface area contributed by atoms with Crippen molar-refractivity contribution in [1.82, 2.24) is 4.98 Å². The summed E-state index contributed by atoms with van der Waals surface area (Å²) in [6, 6.07) is 6.64. The van der Waals surface area contributed by atoms with Crippen LogP contribution < -0.4 is 16.0 Å². The molecule has 2 heterocycles. The lowest BCUT2D eigenvalue weighted by molar-refractivity contribution is 0.0999. The number of allylic oxidation sites excluding steroid dienone is 1. The van der Waals surface area contributed by atoms with Crippen LogP contribution in [0.2, 0.25) is 0 Å². The first-order valence-electron chi connectivity index (χ1n) is 6.39. The number of pyridine rings is 1. The largest absolute Gasteiger partial charge is 0.497 e. The van der Waals surface area contributed by atoms with Gasteiger partial charge >= 0.3 is 0 Å². The highest BCUT2D eigenvalue weighted by atomic mass is 32.2. The van der Waals surface area contributed by atoms with Crippen LogP contribution in [0.5, 0.6) is 5.75 Å². The van der Waals surface area contributed by atoms with Gasteiger partial charge in [0.15, 0.2) is 0 Å². The number of H-pyrrole nitrogens is 1. The maximum atomic E-state index is 11.5. The maximum Gasteiger partial charge on any atom is 0.261 e. The summed E-state index contributed by atoms with van der Waals surface area (Å²) in [7, 11) is 1.54. The van der Waals surface area contributed by atoms with Gasteiger partial charge in [-0.05, 0) is 35.4 Å². The van der Waals surface area contributed by atoms with Gasteiger partial charge in [-0.15, -0.1) is 11.8 Å². The molecule has 110 valence electrons. The molecule has 3 N–H and O–H groups in total. The van der Waals surface area contributed by atoms with E-state index in [9.17, 15) is 9.59 Å². The molecule has 5 nitrogen and oxygen atoms in total. The predicted octanol–water partition coefficient (Wildman–Crippen LogP) is 2.27. The van der Waals surface area contributed by atoms with Crippen molar-refractivity contribution in [3.05, 3.63) is 51.7 Å². The zero-order valence-corrected chi connectivity index (χ0v) is 12.4. The Bertz CT molecular complexity index is 731. The number of carbonyl (C=O) groups is 1. The Balaban J connectivity index is 0.000000272. The first-order chi connectivity index (χ1) is 10.1. The molecule has 21 heavy (non-hydrogen) atoms. The van der Waals surface area contributed by atoms with Crippen molar-refractivity contribution in [2.75, 3.05) is 12.9 Å². The third-order valence-electron chi connectivity index (χ3n) is 2.91. The third kappa shape index (κ3) is 3.88. The number of nitrogens with two attached hydrogens (primary N) is 1. The van der Waals surface area contributed by atoms with E-state index >= 15 is 0 Å². The normalized spacial score (nSPS) is 12.8. The molecule has 0 saturated heterocycles. The lowest BCUT2D eigenvalue weighted by Gasteiger charge is -2.03. The van der Waals surface area contributed by atoms with Crippen LogP contribution >= 0.6 is 11.8 Å². The summed E-state index contributed by atoms with van der Waals surface area (Å²) in [4.78, 5) is 25.0. The average molecular weight is 304 g/mol. The third-order valence-corrected chi connectivity index (χ3v) is 3.77. The van der Waals surface area contributed by atoms with Gasteiger partial charge in [0, 0.05) is 11.8 Å². The van der Waals surface area contributed by atoms with Gasteiger partial charge in [-0.2, -0.15) is 0 Å². The minimum absolute atomic E-state index is 0.0438. The maximum absolute atomic E-state index is 11.5. The summed E-state index contributed by atoms with van der Waals surface area (Å²) in [6.07, 6.45) is 3.48. The first kappa shape index (κ1) is 15.2. The van der Waals surface area contributed by atoms with Gasteiger partial charge in [-0.1, -0.05) is 6.08 Å². The number of aromatic nitrogens is 1. The van der Waals surface area contributed by atoms with E-state index in [2.05, 4.69) is 16.5 Å². The smallest absolute Gasteiger partial charge is 0.261 e. The van der Waals surface area contributed by atoms with E-state index in [1.54, 1.807) is 18.2 Å². The summed E-state index contributed by atoms with van der Waals surface area (Å²) in [5.74, 6) is 1.20. The predicted molar refractivity (Wildman–Crippen MR) is 85.9 cm³/mol. The molecule has 0 saturated carbocycles. The van der Waals surface area contributed by atoms with Crippen LogP contribution in [0.3, 0.4) is 0 Å². The fourth-order valence-electron chi connectivity index (χ4n) is 1.83. The van der Waals surface area contributed by atoms with Crippen molar-refractivity contribution in [2.24, 2.45) is 5.73 Å². The van der Waals surface area contributed by atoms with E-state index in [1.807, 2.05) is 11.8 Å². The van der Waals surface area contributed by atoms with E-state index in [1.165, 1.54) is 25.3 Å². The van der Waals surface area contributed by atoms with Gasteiger partial charge in [0.05, 0.1) is 12.6 Å². The van der Waals surface area contributed by atoms with Gasteiger partial charge in [0.25, 0.3) is 11.5 Å². The Morgan fingerprint density at radius 2 is 2.19 bits per heavy atom. The molecule has 1 aliphatic rings. The summed E-state index contributed by atoms with van der Waals surface area (Å²) in [6.45, 7) is 0. The molecule has 0 unspecified atom stereocenters. The number of hydrogen-bond donors (Lipinski definition) is 2. The molecule has 1 aromatic heterocycles. The lowest BCUT2D eigenvalue weighted by atomic mass is 10.1. The van der Waals surface area contributed by atoms with E-state index in [4.69, 9.17) is 10.5 Å². The van der Waals surface area contributed by atoms with Crippen LogP contribution in [0.15, 0.2) is 40.5 Å². The summed E-state index contributed by atoms with van der Waals surface area (Å²) in [5, 5.41) is 2.88. The highest BCUT2D eigenvalue weighted by Gasteiger charge is 2.08. The molecule has 0 fully saturated rings. The Morgan fingerprint density at radius 3 is 2.71 bits per heavy atom. The molecule has 2 aromatic rings. The number of benzene rings is 1. The van der Waals surface area contributed by atoms with E-state index in [-0.39, 0.29) is 5.56 Å². The fourth-order valence-corrected chi connectivity index (χ4v) is 2.51. The number of nitrogens with one attached hydrogen (secondary N) is 1. The molecule has 1 aliphatic heterocycles. The molecule has 0 radical (unpaired) electrons. The number of fused-ring (bicyclic) bond motifs is 1. The number of thioether (sulfide) groups is 1. The number of amides is 1. The van der Waals surface area contributed by atoms with Gasteiger partial charge in [0.1, 0.15) is 11.3 Å². The van der Waals surface area contributed by atoms with E-state index in [0.29, 0.717) is 11.3 Å². The van der Waals surface area contributed by atoms with Gasteiger partial charge < -0.3 is 15.5 Å². The Labute approximate surface area is 126 Å². The molecule has 0 aliphatic carbocycles. The monoisotopic (exact) mass is 304 g/mol. The highest BCUT2D eigenvalue weighted by Crippen LogP contribution is 2.18. The quantitative estimate of drug-likeness (QED) is 0.891. The number of aromatic amines is 1. The summed E-state index contributed by atoms with van der Waals surface area (Å²) >= 11 is 1.89. The number of ether oxygens (including phenoxy) is 1. The standard InChI is InChI=1S/C11H10N2O3.C4H6S/c1-16-7-3-2-6-4-8(10(12)14)11(15)13-9(6)5-7;1-2-4-5-3-1/h2-5H,1H3,(H2,12,14)(H,13,15);1,3H,2,4H2. The second kappa shape index (κ2) is 6.99. The van der Waals surface area contributed by atoms with E-state index in [0.717, 1.165) is 5.39 Å². The van der Waals surface area contributed by atoms with Crippen LogP contribution in [0, 0.1) is 0 Å². The molecule has 1 aromatic carbocycles. The summed E-state index contributed by atoms with van der Waals surface area (Å²) < 4.78 is 5.03. The van der Waals surface area contributed by atoms with Crippen molar-refractivity contribution in [3.8, 4) is 5.75 Å². The number of rotatable bonds is 2. The molecule has 1 amide bonds. The number of methoxy groups -OCH3 is 1. The lowest BCUT2D eigenvalue weighted by Crippen LogP contribution is -2.23. The Kier molecular flexibility index (Phi) is 5.05. The zero-order chi connectivity index (χ0) is 15.2. The fraction of sp³-hybridized carbons (Fsp3) is 0.200. The van der Waals surface area contributed by atoms with E-state index < -0.39 is 11.5 Å². The van der Waals surface area contributed by atoms with Crippen molar-refractivity contribution in [2.45, 2.75) is 6.42 Å². The van der Waals surface area contributed by atoms with Crippen LogP contribution in [-0.2, 0) is 0 Å². The molecule has 0 bridgehead atoms. The van der Waals surface area contributed by atoms with Crippen molar-refractivity contribution >= 4 is 28.6 Å². The molecule has 0 spiro atoms. The van der Waals surface area contributed by atoms with Crippen molar-refractivity contribution in [1.29, 1.82) is 0 Å². The van der Waals surface area contributed by atoms with Gasteiger partial charge in [-0.25, -0.2) is 0 Å². The summed E-state index contributed by atoms with van der Waals surface area (Å²) in [5.41, 5.74) is 5.15. The van der Waals surface area contributed by atoms with Crippen LogP contribution in [0.4, 0.5) is 0 Å². The minimum Gasteiger partial charge on any atom is -0.497 e. The second-order valence-corrected chi connectivity index (χ2v) is 5.37. The molecular weight excluding hydrogens is 288 g/mol. The molecular formula is C15H16N2O3S. The number of hydrogen-bond acceptors (Lipinski definition) is 4. The van der Waals surface area contributed by atoms with Gasteiger partial charge in [-0.3, -0.25) is 9.59 Å². The van der Waals surface area contributed by atoms with Gasteiger partial charge in [0.2, 0.25) is 0 Å². The Morgan fingerprint density at radius 1 is 1.38 bits per heavy atom. The zero-order valence-electron chi connectivity index (χ0n) is 11.6.